The van der Waals surface area contributed by atoms with Crippen LogP contribution in [-0.2, 0) is 11.2 Å². The quantitative estimate of drug-likeness (QED) is 0.276. The van der Waals surface area contributed by atoms with Gasteiger partial charge in [-0.3, -0.25) is 14.9 Å². The number of carbonyl (C=O) groups excluding carboxylic acids is 1. The monoisotopic (exact) mass is 455 g/mol. The van der Waals surface area contributed by atoms with Gasteiger partial charge in [-0.05, 0) is 23.9 Å². The second-order valence-electron chi connectivity index (χ2n) is 5.39. The highest BCUT2D eigenvalue weighted by molar-refractivity contribution is 8.01. The molecule has 0 aliphatic rings. The number of hydrogen-bond acceptors (Lipinski definition) is 9. The molecule has 12 heteroatoms. The minimum Gasteiger partial charge on any atom is -0.360 e. The minimum atomic E-state index is -0.547. The summed E-state index contributed by atoms with van der Waals surface area (Å²) in [7, 11) is 0. The Labute approximate surface area is 177 Å². The number of thioether (sulfide) groups is 1. The first-order valence-corrected chi connectivity index (χ1v) is 11.0. The van der Waals surface area contributed by atoms with E-state index in [9.17, 15) is 14.9 Å². The summed E-state index contributed by atoms with van der Waals surface area (Å²) in [5.41, 5.74) is 0.191. The van der Waals surface area contributed by atoms with Gasteiger partial charge in [-0.25, -0.2) is 0 Å². The Morgan fingerprint density at radius 2 is 2.18 bits per heavy atom. The second-order valence-corrected chi connectivity index (χ2v) is 9.03. The van der Waals surface area contributed by atoms with E-state index in [1.54, 1.807) is 11.3 Å². The van der Waals surface area contributed by atoms with Crippen LogP contribution < -0.4 is 10.6 Å². The number of nitrogens with one attached hydrogen (secondary N) is 2. The molecule has 0 fully saturated rings. The van der Waals surface area contributed by atoms with Crippen molar-refractivity contribution in [3.05, 3.63) is 55.7 Å². The van der Waals surface area contributed by atoms with Crippen LogP contribution in [0, 0.1) is 10.1 Å². The maximum Gasteiger partial charge on any atom is 0.271 e. The number of non-ortho nitro benzene ring substituents is 1. The number of hydrogen-bond donors (Lipinski definition) is 2. The average Bonchev–Trinajstić information content (AvgIpc) is 3.34. The van der Waals surface area contributed by atoms with E-state index in [2.05, 4.69) is 26.9 Å². The molecule has 8 nitrogen and oxygen atoms in total. The highest BCUT2D eigenvalue weighted by Crippen LogP contribution is 2.28. The Morgan fingerprint density at radius 3 is 2.89 bits per heavy atom. The summed E-state index contributed by atoms with van der Waals surface area (Å²) in [6.07, 6.45) is 0.915. The molecule has 3 aromatic rings. The number of nitrogens with zero attached hydrogens (tertiary/aromatic N) is 3. The highest BCUT2D eigenvalue weighted by Gasteiger charge is 2.13. The molecule has 0 atom stereocenters. The number of amides is 1. The fraction of sp³-hybridized carbons (Fsp3) is 0.188. The van der Waals surface area contributed by atoms with E-state index in [4.69, 9.17) is 11.6 Å². The molecule has 28 heavy (non-hydrogen) atoms. The van der Waals surface area contributed by atoms with Gasteiger partial charge in [0.25, 0.3) is 5.69 Å². The van der Waals surface area contributed by atoms with Crippen LogP contribution in [0.3, 0.4) is 0 Å². The van der Waals surface area contributed by atoms with E-state index < -0.39 is 4.92 Å². The lowest BCUT2D eigenvalue weighted by Gasteiger charge is -2.06. The standard InChI is InChI=1S/C16H14ClN5O3S3/c17-12-8-10(22(24)25)3-4-13(12)19-14(23)9-27-16-21-20-15(28-16)18-6-5-11-2-1-7-26-11/h1-4,7-8H,5-6,9H2,(H,18,20)(H,19,23). The fourth-order valence-electron chi connectivity index (χ4n) is 2.12. The van der Waals surface area contributed by atoms with E-state index in [0.717, 1.165) is 13.0 Å². The number of halogens is 1. The molecule has 0 aliphatic carbocycles. The van der Waals surface area contributed by atoms with E-state index >= 15 is 0 Å². The van der Waals surface area contributed by atoms with Crippen LogP contribution in [0.15, 0.2) is 40.1 Å². The van der Waals surface area contributed by atoms with Crippen LogP contribution in [0.2, 0.25) is 5.02 Å². The van der Waals surface area contributed by atoms with Crippen molar-refractivity contribution in [2.75, 3.05) is 22.9 Å². The number of benzene rings is 1. The van der Waals surface area contributed by atoms with Crippen LogP contribution in [0.5, 0.6) is 0 Å². The fourth-order valence-corrected chi connectivity index (χ4v) is 4.63. The number of rotatable bonds is 9. The maximum atomic E-state index is 12.1. The zero-order chi connectivity index (χ0) is 19.9. The predicted molar refractivity (Wildman–Crippen MR) is 114 cm³/mol. The second kappa shape index (κ2) is 9.82. The van der Waals surface area contributed by atoms with Gasteiger partial charge in [0.05, 0.1) is 21.4 Å². The zero-order valence-electron chi connectivity index (χ0n) is 14.3. The smallest absolute Gasteiger partial charge is 0.271 e. The first kappa shape index (κ1) is 20.5. The summed E-state index contributed by atoms with van der Waals surface area (Å²) < 4.78 is 0.670. The number of thiophene rings is 1. The average molecular weight is 456 g/mol. The molecule has 0 unspecified atom stereocenters. The summed E-state index contributed by atoms with van der Waals surface area (Å²) in [5, 5.41) is 27.5. The van der Waals surface area contributed by atoms with Gasteiger partial charge in [0.15, 0.2) is 4.34 Å². The number of anilines is 2. The SMILES string of the molecule is O=C(CSc1nnc(NCCc2cccs2)s1)Nc1ccc([N+](=O)[O-])cc1Cl. The predicted octanol–water partition coefficient (Wildman–Crippen LogP) is 4.55. The number of nitro benzene ring substituents is 1. The summed E-state index contributed by atoms with van der Waals surface area (Å²) >= 11 is 10.3. The van der Waals surface area contributed by atoms with Crippen molar-refractivity contribution in [1.82, 2.24) is 10.2 Å². The van der Waals surface area contributed by atoms with Crippen molar-refractivity contribution in [2.45, 2.75) is 10.8 Å². The van der Waals surface area contributed by atoms with Crippen molar-refractivity contribution < 1.29 is 9.72 Å². The summed E-state index contributed by atoms with van der Waals surface area (Å²) in [6, 6.07) is 8.00. The molecule has 0 aliphatic heterocycles. The first-order valence-electron chi connectivity index (χ1n) is 7.97. The molecule has 0 radical (unpaired) electrons. The molecule has 2 heterocycles. The molecular weight excluding hydrogens is 442 g/mol. The molecule has 1 amide bonds. The molecule has 0 saturated heterocycles. The molecule has 2 N–H and O–H groups in total. The third-order valence-electron chi connectivity index (χ3n) is 3.40. The molecule has 0 saturated carbocycles. The summed E-state index contributed by atoms with van der Waals surface area (Å²) in [5.74, 6) is -0.167. The molecule has 2 aromatic heterocycles. The third-order valence-corrected chi connectivity index (χ3v) is 6.66. The lowest BCUT2D eigenvalue weighted by molar-refractivity contribution is -0.384. The normalized spacial score (nSPS) is 10.6. The molecule has 0 bridgehead atoms. The molecule has 0 spiro atoms. The lowest BCUT2D eigenvalue weighted by atomic mass is 10.3. The molecule has 1 aromatic carbocycles. The molecule has 3 rings (SSSR count). The van der Waals surface area contributed by atoms with Gasteiger partial charge in [0.1, 0.15) is 0 Å². The van der Waals surface area contributed by atoms with Gasteiger partial charge in [-0.1, -0.05) is 40.8 Å². The van der Waals surface area contributed by atoms with Crippen molar-refractivity contribution in [3.63, 3.8) is 0 Å². The van der Waals surface area contributed by atoms with Crippen LogP contribution in [-0.4, -0.2) is 33.3 Å². The van der Waals surface area contributed by atoms with E-state index in [-0.39, 0.29) is 22.4 Å². The summed E-state index contributed by atoms with van der Waals surface area (Å²) in [4.78, 5) is 23.6. The highest BCUT2D eigenvalue weighted by atomic mass is 35.5. The lowest BCUT2D eigenvalue weighted by Crippen LogP contribution is -2.14. The Hall–Kier alpha value is -2.21. The van der Waals surface area contributed by atoms with E-state index in [1.807, 2.05) is 11.4 Å². The van der Waals surface area contributed by atoms with Gasteiger partial charge in [0, 0.05) is 23.6 Å². The Kier molecular flexibility index (Phi) is 7.20. The van der Waals surface area contributed by atoms with Crippen LogP contribution in [0.4, 0.5) is 16.5 Å². The number of carbonyl (C=O) groups is 1. The van der Waals surface area contributed by atoms with Crippen LogP contribution >= 0.6 is 46.0 Å². The Morgan fingerprint density at radius 1 is 1.32 bits per heavy atom. The van der Waals surface area contributed by atoms with Crippen LogP contribution in [0.1, 0.15) is 4.88 Å². The number of nitro groups is 1. The maximum absolute atomic E-state index is 12.1. The Bertz CT molecular complexity index is 964. The van der Waals surface area contributed by atoms with Crippen molar-refractivity contribution in [3.8, 4) is 0 Å². The van der Waals surface area contributed by atoms with E-state index in [0.29, 0.717) is 15.2 Å². The third kappa shape index (κ3) is 5.89. The largest absolute Gasteiger partial charge is 0.360 e. The van der Waals surface area contributed by atoms with Crippen molar-refractivity contribution >= 4 is 68.4 Å². The summed E-state index contributed by atoms with van der Waals surface area (Å²) in [6.45, 7) is 0.763. The van der Waals surface area contributed by atoms with Gasteiger partial charge in [-0.2, -0.15) is 0 Å². The molecule has 146 valence electrons. The van der Waals surface area contributed by atoms with Gasteiger partial charge in [0.2, 0.25) is 11.0 Å². The van der Waals surface area contributed by atoms with Crippen molar-refractivity contribution in [1.29, 1.82) is 0 Å². The topological polar surface area (TPSA) is 110 Å². The number of aromatic nitrogens is 2. The molecular formula is C16H14ClN5O3S3. The Balaban J connectivity index is 1.44. The van der Waals surface area contributed by atoms with Gasteiger partial charge >= 0.3 is 0 Å². The van der Waals surface area contributed by atoms with Crippen LogP contribution in [0.25, 0.3) is 0 Å². The van der Waals surface area contributed by atoms with Crippen molar-refractivity contribution in [2.24, 2.45) is 0 Å². The van der Waals surface area contributed by atoms with Gasteiger partial charge < -0.3 is 10.6 Å². The minimum absolute atomic E-state index is 0.112. The van der Waals surface area contributed by atoms with Gasteiger partial charge in [-0.15, -0.1) is 21.5 Å². The van der Waals surface area contributed by atoms with E-state index in [1.165, 1.54) is 46.2 Å². The zero-order valence-corrected chi connectivity index (χ0v) is 17.5. The first-order chi connectivity index (χ1) is 13.5.